The van der Waals surface area contributed by atoms with Gasteiger partial charge < -0.3 is 0 Å². The lowest BCUT2D eigenvalue weighted by atomic mass is 9.96. The first kappa shape index (κ1) is 11.2. The highest BCUT2D eigenvalue weighted by Crippen LogP contribution is 2.16. The van der Waals surface area contributed by atoms with Crippen LogP contribution in [0.25, 0.3) is 0 Å². The third kappa shape index (κ3) is 3.09. The molecule has 0 fully saturated rings. The van der Waals surface area contributed by atoms with Crippen molar-refractivity contribution in [2.45, 2.75) is 33.6 Å². The van der Waals surface area contributed by atoms with Crippen molar-refractivity contribution in [1.29, 1.82) is 0 Å². The van der Waals surface area contributed by atoms with E-state index in [0.29, 0.717) is 0 Å². The maximum absolute atomic E-state index is 4.59. The molecule has 2 heteroatoms. The first-order chi connectivity index (χ1) is 6.77. The lowest BCUT2D eigenvalue weighted by molar-refractivity contribution is 0.539. The van der Waals surface area contributed by atoms with Crippen LogP contribution in [0.5, 0.6) is 0 Å². The predicted molar refractivity (Wildman–Crippen MR) is 63.5 cm³/mol. The second-order valence-corrected chi connectivity index (χ2v) is 3.80. The summed E-state index contributed by atoms with van der Waals surface area (Å²) in [4.78, 5) is 8.85. The largest absolute Gasteiger partial charge is 0.293 e. The first-order valence-electron chi connectivity index (χ1n) is 5.47. The second kappa shape index (κ2) is 5.74. The van der Waals surface area contributed by atoms with Gasteiger partial charge in [0.25, 0.3) is 0 Å². The smallest absolute Gasteiger partial charge is 0.0432 e. The summed E-state index contributed by atoms with van der Waals surface area (Å²) in [5.74, 6) is 0.750. The van der Waals surface area contributed by atoms with Gasteiger partial charge in [-0.2, -0.15) is 0 Å². The Morgan fingerprint density at radius 3 is 2.93 bits per heavy atom. The van der Waals surface area contributed by atoms with Gasteiger partial charge in [0.2, 0.25) is 0 Å². The van der Waals surface area contributed by atoms with Crippen LogP contribution in [0.1, 0.15) is 33.6 Å². The molecule has 0 radical (unpaired) electrons. The molecule has 0 bridgehead atoms. The van der Waals surface area contributed by atoms with Crippen molar-refractivity contribution in [3.8, 4) is 0 Å². The van der Waals surface area contributed by atoms with E-state index in [1.165, 1.54) is 17.7 Å². The number of nitrogens with zero attached hydrogens (tertiary/aromatic N) is 2. The number of rotatable bonds is 3. The number of aliphatic imine (C=N–C) groups is 2. The van der Waals surface area contributed by atoms with Crippen LogP contribution in [0.4, 0.5) is 0 Å². The molecular formula is C12H20N2. The Balaban J connectivity index is 2.67. The van der Waals surface area contributed by atoms with E-state index in [4.69, 9.17) is 0 Å². The molecule has 2 nitrogen and oxygen atoms in total. The summed E-state index contributed by atoms with van der Waals surface area (Å²) in [7, 11) is 0. The monoisotopic (exact) mass is 192 g/mol. The summed E-state index contributed by atoms with van der Waals surface area (Å²) >= 11 is 0. The van der Waals surface area contributed by atoms with E-state index in [9.17, 15) is 0 Å². The molecule has 1 atom stereocenters. The van der Waals surface area contributed by atoms with E-state index in [0.717, 1.165) is 25.4 Å². The molecule has 14 heavy (non-hydrogen) atoms. The Labute approximate surface area is 86.8 Å². The maximum atomic E-state index is 4.59. The average Bonchev–Trinajstić information content (AvgIpc) is 2.21. The molecule has 0 amide bonds. The van der Waals surface area contributed by atoms with E-state index in [1.54, 1.807) is 0 Å². The molecule has 0 aliphatic carbocycles. The average molecular weight is 192 g/mol. The minimum Gasteiger partial charge on any atom is -0.293 e. The van der Waals surface area contributed by atoms with Crippen LogP contribution in [0, 0.1) is 5.92 Å². The standard InChI is InChI=1S/C12H20N2/c1-4-11(9-13-5-2)12-7-6-10(3)8-14-12/h4,9-10H,5-8H2,1-3H3/b11-4+,13-9-. The quantitative estimate of drug-likeness (QED) is 0.614. The zero-order chi connectivity index (χ0) is 10.4. The molecule has 1 aliphatic rings. The van der Waals surface area contributed by atoms with Crippen molar-refractivity contribution in [3.05, 3.63) is 11.6 Å². The van der Waals surface area contributed by atoms with Crippen LogP contribution in [0.15, 0.2) is 21.6 Å². The normalized spacial score (nSPS) is 24.1. The first-order valence-corrected chi connectivity index (χ1v) is 5.47. The summed E-state index contributed by atoms with van der Waals surface area (Å²) in [6.07, 6.45) is 6.43. The van der Waals surface area contributed by atoms with E-state index >= 15 is 0 Å². The minimum atomic E-state index is 0.750. The fraction of sp³-hybridized carbons (Fsp3) is 0.667. The molecule has 0 aromatic heterocycles. The molecule has 1 aliphatic heterocycles. The molecule has 0 saturated heterocycles. The van der Waals surface area contributed by atoms with Crippen molar-refractivity contribution >= 4 is 11.9 Å². The van der Waals surface area contributed by atoms with Crippen molar-refractivity contribution in [3.63, 3.8) is 0 Å². The number of hydrogen-bond acceptors (Lipinski definition) is 2. The third-order valence-corrected chi connectivity index (χ3v) is 2.52. The molecule has 0 spiro atoms. The Hall–Kier alpha value is -0.920. The van der Waals surface area contributed by atoms with Gasteiger partial charge in [0, 0.05) is 30.6 Å². The topological polar surface area (TPSA) is 24.7 Å². The van der Waals surface area contributed by atoms with Crippen molar-refractivity contribution in [2.24, 2.45) is 15.9 Å². The molecule has 1 heterocycles. The van der Waals surface area contributed by atoms with Crippen LogP contribution < -0.4 is 0 Å². The van der Waals surface area contributed by atoms with E-state index in [1.807, 2.05) is 6.21 Å². The Bertz CT molecular complexity index is 261. The SMILES string of the molecule is C/C=C(\C=N/CC)C1=NCC(C)CC1. The highest BCUT2D eigenvalue weighted by molar-refractivity contribution is 6.16. The van der Waals surface area contributed by atoms with Gasteiger partial charge in [0.1, 0.15) is 0 Å². The summed E-state index contributed by atoms with van der Waals surface area (Å²) in [6, 6.07) is 0. The van der Waals surface area contributed by atoms with Crippen LogP contribution in [-0.4, -0.2) is 25.0 Å². The summed E-state index contributed by atoms with van der Waals surface area (Å²) in [5, 5.41) is 0. The molecule has 1 rings (SSSR count). The van der Waals surface area contributed by atoms with Crippen LogP contribution >= 0.6 is 0 Å². The molecular weight excluding hydrogens is 172 g/mol. The van der Waals surface area contributed by atoms with Crippen LogP contribution in [-0.2, 0) is 0 Å². The van der Waals surface area contributed by atoms with Gasteiger partial charge in [-0.05, 0) is 32.6 Å². The summed E-state index contributed by atoms with van der Waals surface area (Å²) in [6.45, 7) is 8.19. The molecule has 0 N–H and O–H groups in total. The van der Waals surface area contributed by atoms with E-state index < -0.39 is 0 Å². The summed E-state index contributed by atoms with van der Waals surface area (Å²) < 4.78 is 0. The van der Waals surface area contributed by atoms with Gasteiger partial charge in [0.05, 0.1) is 0 Å². The summed E-state index contributed by atoms with van der Waals surface area (Å²) in [5.41, 5.74) is 2.45. The van der Waals surface area contributed by atoms with Crippen LogP contribution in [0.3, 0.4) is 0 Å². The maximum Gasteiger partial charge on any atom is 0.0432 e. The van der Waals surface area contributed by atoms with Gasteiger partial charge in [-0.15, -0.1) is 0 Å². The Kier molecular flexibility index (Phi) is 4.57. The molecule has 0 aromatic carbocycles. The molecule has 0 saturated carbocycles. The highest BCUT2D eigenvalue weighted by atomic mass is 14.8. The van der Waals surface area contributed by atoms with Gasteiger partial charge in [-0.25, -0.2) is 0 Å². The number of hydrogen-bond donors (Lipinski definition) is 0. The van der Waals surface area contributed by atoms with Gasteiger partial charge >= 0.3 is 0 Å². The van der Waals surface area contributed by atoms with E-state index in [2.05, 4.69) is 36.8 Å². The van der Waals surface area contributed by atoms with E-state index in [-0.39, 0.29) is 0 Å². The van der Waals surface area contributed by atoms with Crippen molar-refractivity contribution < 1.29 is 0 Å². The molecule has 0 aromatic rings. The predicted octanol–water partition coefficient (Wildman–Crippen LogP) is 2.89. The number of allylic oxidation sites excluding steroid dienone is 2. The molecule has 1 unspecified atom stereocenters. The lowest BCUT2D eigenvalue weighted by Crippen LogP contribution is -2.15. The zero-order valence-corrected chi connectivity index (χ0v) is 9.45. The van der Waals surface area contributed by atoms with Gasteiger partial charge in [0.15, 0.2) is 0 Å². The fourth-order valence-electron chi connectivity index (χ4n) is 1.56. The van der Waals surface area contributed by atoms with Gasteiger partial charge in [-0.3, -0.25) is 9.98 Å². The Morgan fingerprint density at radius 1 is 1.64 bits per heavy atom. The van der Waals surface area contributed by atoms with Gasteiger partial charge in [-0.1, -0.05) is 13.0 Å². The minimum absolute atomic E-state index is 0.750. The lowest BCUT2D eigenvalue weighted by Gasteiger charge is -2.17. The highest BCUT2D eigenvalue weighted by Gasteiger charge is 2.12. The molecule has 78 valence electrons. The van der Waals surface area contributed by atoms with Crippen molar-refractivity contribution in [2.75, 3.05) is 13.1 Å². The van der Waals surface area contributed by atoms with Crippen molar-refractivity contribution in [1.82, 2.24) is 0 Å². The third-order valence-electron chi connectivity index (χ3n) is 2.52. The fourth-order valence-corrected chi connectivity index (χ4v) is 1.56. The zero-order valence-electron chi connectivity index (χ0n) is 9.45. The van der Waals surface area contributed by atoms with Crippen LogP contribution in [0.2, 0.25) is 0 Å². The Morgan fingerprint density at radius 2 is 2.43 bits per heavy atom. The second-order valence-electron chi connectivity index (χ2n) is 3.80.